The second-order valence-corrected chi connectivity index (χ2v) is 7.81. The number of piperidine rings is 1. The van der Waals surface area contributed by atoms with Crippen molar-refractivity contribution < 1.29 is 0 Å². The highest BCUT2D eigenvalue weighted by Crippen LogP contribution is 2.36. The number of fused-ring (bicyclic) bond motifs is 1. The number of rotatable bonds is 5. The first-order valence-electron chi connectivity index (χ1n) is 9.86. The largest absolute Gasteiger partial charge is 0.313 e. The normalized spacial score (nSPS) is 33.6. The van der Waals surface area contributed by atoms with Crippen LogP contribution in [-0.4, -0.2) is 36.6 Å². The summed E-state index contributed by atoms with van der Waals surface area (Å²) in [6.45, 7) is 6.13. The molecule has 2 saturated carbocycles. The van der Waals surface area contributed by atoms with Crippen molar-refractivity contribution in [1.82, 2.24) is 10.2 Å². The Hall–Kier alpha value is -0.0800. The second-order valence-electron chi connectivity index (χ2n) is 7.81. The van der Waals surface area contributed by atoms with E-state index in [2.05, 4.69) is 17.1 Å². The molecule has 122 valence electrons. The van der Waals surface area contributed by atoms with Crippen molar-refractivity contribution >= 4 is 0 Å². The van der Waals surface area contributed by atoms with E-state index in [9.17, 15) is 0 Å². The van der Waals surface area contributed by atoms with E-state index < -0.39 is 0 Å². The lowest BCUT2D eigenvalue weighted by atomic mass is 9.77. The Morgan fingerprint density at radius 2 is 1.62 bits per heavy atom. The van der Waals surface area contributed by atoms with Gasteiger partial charge in [-0.25, -0.2) is 0 Å². The summed E-state index contributed by atoms with van der Waals surface area (Å²) in [6, 6.07) is 1.69. The molecule has 0 radical (unpaired) electrons. The maximum atomic E-state index is 3.85. The van der Waals surface area contributed by atoms with Gasteiger partial charge >= 0.3 is 0 Å². The molecule has 1 saturated heterocycles. The van der Waals surface area contributed by atoms with E-state index in [0.29, 0.717) is 0 Å². The minimum atomic E-state index is 0.760. The van der Waals surface area contributed by atoms with E-state index in [-0.39, 0.29) is 0 Å². The number of likely N-dealkylation sites (N-methyl/N-ethyl adjacent to an activating group) is 1. The van der Waals surface area contributed by atoms with Gasteiger partial charge in [-0.1, -0.05) is 39.0 Å². The van der Waals surface area contributed by atoms with Gasteiger partial charge in [-0.2, -0.15) is 0 Å². The van der Waals surface area contributed by atoms with Gasteiger partial charge in [0.2, 0.25) is 0 Å². The van der Waals surface area contributed by atoms with Crippen LogP contribution in [0.1, 0.15) is 77.6 Å². The SMILES string of the molecule is CCNC(CN1CCC[C@H]2CCCC[C@H]21)C1CCCCC1. The number of likely N-dealkylation sites (tertiary alicyclic amines) is 1. The van der Waals surface area contributed by atoms with E-state index in [1.54, 1.807) is 0 Å². The Bertz CT molecular complexity index is 294. The molecule has 1 heterocycles. The molecule has 3 fully saturated rings. The van der Waals surface area contributed by atoms with Crippen LogP contribution in [0.2, 0.25) is 0 Å². The Balaban J connectivity index is 1.60. The minimum Gasteiger partial charge on any atom is -0.313 e. The van der Waals surface area contributed by atoms with E-state index in [1.807, 2.05) is 0 Å². The zero-order valence-corrected chi connectivity index (χ0v) is 14.2. The summed E-state index contributed by atoms with van der Waals surface area (Å²) in [5.74, 6) is 1.98. The van der Waals surface area contributed by atoms with Gasteiger partial charge in [0.25, 0.3) is 0 Å². The van der Waals surface area contributed by atoms with Crippen LogP contribution < -0.4 is 5.32 Å². The molecule has 21 heavy (non-hydrogen) atoms. The van der Waals surface area contributed by atoms with Crippen molar-refractivity contribution in [2.24, 2.45) is 11.8 Å². The van der Waals surface area contributed by atoms with E-state index >= 15 is 0 Å². The van der Waals surface area contributed by atoms with Gasteiger partial charge in [-0.15, -0.1) is 0 Å². The summed E-state index contributed by atoms with van der Waals surface area (Å²) in [5.41, 5.74) is 0. The van der Waals surface area contributed by atoms with Gasteiger partial charge in [0, 0.05) is 18.6 Å². The van der Waals surface area contributed by atoms with Crippen LogP contribution in [0, 0.1) is 11.8 Å². The fraction of sp³-hybridized carbons (Fsp3) is 1.00. The van der Waals surface area contributed by atoms with Gasteiger partial charge in [-0.05, 0) is 63.5 Å². The Morgan fingerprint density at radius 1 is 0.905 bits per heavy atom. The maximum absolute atomic E-state index is 3.85. The van der Waals surface area contributed by atoms with Crippen molar-refractivity contribution in [2.45, 2.75) is 89.6 Å². The molecular weight excluding hydrogens is 256 g/mol. The van der Waals surface area contributed by atoms with Crippen molar-refractivity contribution in [1.29, 1.82) is 0 Å². The van der Waals surface area contributed by atoms with Crippen LogP contribution in [0.25, 0.3) is 0 Å². The van der Waals surface area contributed by atoms with E-state index in [0.717, 1.165) is 30.5 Å². The number of hydrogen-bond acceptors (Lipinski definition) is 2. The third kappa shape index (κ3) is 4.01. The smallest absolute Gasteiger partial charge is 0.0223 e. The van der Waals surface area contributed by atoms with Crippen LogP contribution in [0.3, 0.4) is 0 Å². The molecule has 0 spiro atoms. The van der Waals surface area contributed by atoms with E-state index in [1.165, 1.54) is 83.7 Å². The van der Waals surface area contributed by atoms with Crippen LogP contribution >= 0.6 is 0 Å². The summed E-state index contributed by atoms with van der Waals surface area (Å²) in [4.78, 5) is 2.90. The molecule has 3 atom stereocenters. The quantitative estimate of drug-likeness (QED) is 0.817. The predicted octanol–water partition coefficient (Wildman–Crippen LogP) is 4.20. The number of nitrogens with one attached hydrogen (secondary N) is 1. The average Bonchev–Trinajstić information content (AvgIpc) is 2.55. The predicted molar refractivity (Wildman–Crippen MR) is 90.6 cm³/mol. The standard InChI is InChI=1S/C19H36N2/c1-2-20-18(16-9-4-3-5-10-16)15-21-14-8-12-17-11-6-7-13-19(17)21/h16-20H,2-15H2,1H3/t17-,18?,19-/m1/s1. The average molecular weight is 293 g/mol. The topological polar surface area (TPSA) is 15.3 Å². The summed E-state index contributed by atoms with van der Waals surface area (Å²) in [6.07, 6.45) is 16.3. The number of hydrogen-bond donors (Lipinski definition) is 1. The Labute approximate surface area is 132 Å². The lowest BCUT2D eigenvalue weighted by Gasteiger charge is -2.46. The molecule has 0 aromatic rings. The first-order valence-corrected chi connectivity index (χ1v) is 9.86. The highest BCUT2D eigenvalue weighted by atomic mass is 15.2. The molecule has 1 N–H and O–H groups in total. The zero-order valence-electron chi connectivity index (χ0n) is 14.2. The molecule has 3 rings (SSSR count). The third-order valence-electron chi connectivity index (χ3n) is 6.47. The van der Waals surface area contributed by atoms with Crippen molar-refractivity contribution in [3.05, 3.63) is 0 Å². The van der Waals surface area contributed by atoms with Crippen LogP contribution in [0.5, 0.6) is 0 Å². The summed E-state index contributed by atoms with van der Waals surface area (Å²) < 4.78 is 0. The molecule has 0 amide bonds. The highest BCUT2D eigenvalue weighted by Gasteiger charge is 2.35. The fourth-order valence-electron chi connectivity index (χ4n) is 5.39. The lowest BCUT2D eigenvalue weighted by molar-refractivity contribution is 0.0439. The minimum absolute atomic E-state index is 0.760. The lowest BCUT2D eigenvalue weighted by Crippen LogP contribution is -2.53. The molecule has 0 aromatic carbocycles. The van der Waals surface area contributed by atoms with Gasteiger partial charge in [-0.3, -0.25) is 4.90 Å². The molecule has 2 aliphatic carbocycles. The van der Waals surface area contributed by atoms with Gasteiger partial charge < -0.3 is 5.32 Å². The zero-order chi connectivity index (χ0) is 14.5. The number of nitrogens with zero attached hydrogens (tertiary/aromatic N) is 1. The van der Waals surface area contributed by atoms with Crippen molar-refractivity contribution in [2.75, 3.05) is 19.6 Å². The second kappa shape index (κ2) is 7.97. The van der Waals surface area contributed by atoms with Gasteiger partial charge in [0.15, 0.2) is 0 Å². The maximum Gasteiger partial charge on any atom is 0.0223 e. The van der Waals surface area contributed by atoms with Crippen LogP contribution in [0.4, 0.5) is 0 Å². The van der Waals surface area contributed by atoms with E-state index in [4.69, 9.17) is 0 Å². The molecule has 0 aromatic heterocycles. The molecule has 2 heteroatoms. The third-order valence-corrected chi connectivity index (χ3v) is 6.47. The van der Waals surface area contributed by atoms with Gasteiger partial charge in [0.1, 0.15) is 0 Å². The molecule has 1 aliphatic heterocycles. The van der Waals surface area contributed by atoms with Crippen LogP contribution in [0.15, 0.2) is 0 Å². The summed E-state index contributed by atoms with van der Waals surface area (Å²) in [5, 5.41) is 3.85. The summed E-state index contributed by atoms with van der Waals surface area (Å²) >= 11 is 0. The Morgan fingerprint density at radius 3 is 2.43 bits per heavy atom. The van der Waals surface area contributed by atoms with Crippen molar-refractivity contribution in [3.8, 4) is 0 Å². The molecule has 1 unspecified atom stereocenters. The molecule has 0 bridgehead atoms. The first kappa shape index (κ1) is 15.8. The summed E-state index contributed by atoms with van der Waals surface area (Å²) in [7, 11) is 0. The molecular formula is C19H36N2. The van der Waals surface area contributed by atoms with Crippen LogP contribution in [-0.2, 0) is 0 Å². The van der Waals surface area contributed by atoms with Gasteiger partial charge in [0.05, 0.1) is 0 Å². The molecule has 3 aliphatic rings. The van der Waals surface area contributed by atoms with Crippen molar-refractivity contribution in [3.63, 3.8) is 0 Å². The highest BCUT2D eigenvalue weighted by molar-refractivity contribution is 4.91. The fourth-order valence-corrected chi connectivity index (χ4v) is 5.39. The monoisotopic (exact) mass is 292 g/mol. The molecule has 2 nitrogen and oxygen atoms in total. The Kier molecular flexibility index (Phi) is 5.99. The first-order chi connectivity index (χ1) is 10.4.